The quantitative estimate of drug-likeness (QED) is 0.661. The lowest BCUT2D eigenvalue weighted by atomic mass is 10.3. The molecule has 1 unspecified atom stereocenters. The van der Waals surface area contributed by atoms with Gasteiger partial charge in [0.15, 0.2) is 6.10 Å². The van der Waals surface area contributed by atoms with Crippen molar-refractivity contribution < 1.29 is 19.1 Å². The first kappa shape index (κ1) is 18.4. The first-order valence-corrected chi connectivity index (χ1v) is 9.01. The molecule has 0 fully saturated rings. The summed E-state index contributed by atoms with van der Waals surface area (Å²) in [5, 5.41) is 6.44. The van der Waals surface area contributed by atoms with Crippen LogP contribution in [0.2, 0.25) is 0 Å². The largest absolute Gasteiger partial charge is 0.448 e. The maximum Gasteiger partial charge on any atom is 0.351 e. The lowest BCUT2D eigenvalue weighted by Gasteiger charge is -2.13. The van der Waals surface area contributed by atoms with Crippen LogP contribution in [-0.2, 0) is 9.53 Å². The number of carbonyl (C=O) groups is 3. The van der Waals surface area contributed by atoms with Crippen LogP contribution in [0.1, 0.15) is 16.6 Å². The van der Waals surface area contributed by atoms with E-state index >= 15 is 0 Å². The average molecular weight is 383 g/mol. The maximum absolute atomic E-state index is 12.4. The van der Waals surface area contributed by atoms with Crippen molar-refractivity contribution in [3.63, 3.8) is 0 Å². The monoisotopic (exact) mass is 383 g/mol. The SMILES string of the molecule is CC(OC(=O)c1sccc1-n1cccc1)C(=O)NC(=O)Nc1ccccc1. The standard InChI is InChI=1S/C19H17N3O4S/c1-13(17(23)21-19(25)20-14-7-3-2-4-8-14)26-18(24)16-15(9-12-27-16)22-10-5-6-11-22/h2-13H,1H3,(H2,20,21,23,25). The fraction of sp³-hybridized carbons (Fsp3) is 0.105. The van der Waals surface area contributed by atoms with Crippen LogP contribution in [0.15, 0.2) is 66.3 Å². The molecule has 3 aromatic rings. The van der Waals surface area contributed by atoms with E-state index in [1.54, 1.807) is 40.3 Å². The second-order valence-electron chi connectivity index (χ2n) is 5.58. The Bertz CT molecular complexity index is 935. The molecule has 0 aliphatic rings. The van der Waals surface area contributed by atoms with E-state index < -0.39 is 24.0 Å². The molecule has 0 radical (unpaired) electrons. The van der Waals surface area contributed by atoms with Gasteiger partial charge in [-0.15, -0.1) is 11.3 Å². The van der Waals surface area contributed by atoms with E-state index in [9.17, 15) is 14.4 Å². The molecule has 138 valence electrons. The van der Waals surface area contributed by atoms with Gasteiger partial charge in [-0.1, -0.05) is 18.2 Å². The number of esters is 1. The summed E-state index contributed by atoms with van der Waals surface area (Å²) in [7, 11) is 0. The maximum atomic E-state index is 12.4. The Kier molecular flexibility index (Phi) is 5.68. The molecule has 0 aliphatic heterocycles. The molecule has 0 aliphatic carbocycles. The van der Waals surface area contributed by atoms with E-state index in [4.69, 9.17) is 4.74 Å². The molecule has 3 rings (SSSR count). The van der Waals surface area contributed by atoms with E-state index in [0.29, 0.717) is 16.3 Å². The fourth-order valence-corrected chi connectivity index (χ4v) is 3.09. The first-order valence-electron chi connectivity index (χ1n) is 8.13. The summed E-state index contributed by atoms with van der Waals surface area (Å²) in [6, 6.07) is 13.5. The molecule has 7 nitrogen and oxygen atoms in total. The highest BCUT2D eigenvalue weighted by atomic mass is 32.1. The molecule has 8 heteroatoms. The Balaban J connectivity index is 1.58. The van der Waals surface area contributed by atoms with Gasteiger partial charge >= 0.3 is 12.0 Å². The third-order valence-electron chi connectivity index (χ3n) is 3.63. The number of hydrogen-bond acceptors (Lipinski definition) is 5. The van der Waals surface area contributed by atoms with Gasteiger partial charge in [0, 0.05) is 18.1 Å². The van der Waals surface area contributed by atoms with Gasteiger partial charge in [0.1, 0.15) is 4.88 Å². The Hall–Kier alpha value is -3.39. The van der Waals surface area contributed by atoms with Crippen LogP contribution in [0.25, 0.3) is 5.69 Å². The Morgan fingerprint density at radius 1 is 1.04 bits per heavy atom. The lowest BCUT2D eigenvalue weighted by molar-refractivity contribution is -0.127. The number of ether oxygens (including phenoxy) is 1. The van der Waals surface area contributed by atoms with Crippen LogP contribution in [0.3, 0.4) is 0 Å². The van der Waals surface area contributed by atoms with Gasteiger partial charge < -0.3 is 14.6 Å². The highest BCUT2D eigenvalue weighted by molar-refractivity contribution is 7.12. The van der Waals surface area contributed by atoms with Crippen LogP contribution < -0.4 is 10.6 Å². The van der Waals surface area contributed by atoms with Crippen LogP contribution in [-0.4, -0.2) is 28.6 Å². The summed E-state index contributed by atoms with van der Waals surface area (Å²) in [6.07, 6.45) is 2.49. The average Bonchev–Trinajstić information content (AvgIpc) is 3.33. The van der Waals surface area contributed by atoms with Crippen molar-refractivity contribution in [3.05, 3.63) is 71.2 Å². The number of amides is 3. The molecule has 1 aromatic carbocycles. The number of rotatable bonds is 5. The molecule has 2 aromatic heterocycles. The van der Waals surface area contributed by atoms with Gasteiger partial charge in [0.2, 0.25) is 0 Å². The topological polar surface area (TPSA) is 89.4 Å². The Morgan fingerprint density at radius 2 is 1.74 bits per heavy atom. The van der Waals surface area contributed by atoms with Gasteiger partial charge in [-0.2, -0.15) is 0 Å². The lowest BCUT2D eigenvalue weighted by Crippen LogP contribution is -2.41. The molecule has 2 N–H and O–H groups in total. The predicted octanol–water partition coefficient (Wildman–Crippen LogP) is 3.43. The number of anilines is 1. The highest BCUT2D eigenvalue weighted by Crippen LogP contribution is 2.22. The van der Waals surface area contributed by atoms with E-state index in [1.807, 2.05) is 30.6 Å². The van der Waals surface area contributed by atoms with Gasteiger partial charge in [-0.05, 0) is 42.6 Å². The third kappa shape index (κ3) is 4.62. The first-order chi connectivity index (χ1) is 13.0. The minimum atomic E-state index is -1.13. The van der Waals surface area contributed by atoms with Crippen molar-refractivity contribution in [2.45, 2.75) is 13.0 Å². The van der Waals surface area contributed by atoms with Crippen molar-refractivity contribution in [1.29, 1.82) is 0 Å². The predicted molar refractivity (Wildman–Crippen MR) is 102 cm³/mol. The molecule has 3 amide bonds. The van der Waals surface area contributed by atoms with Gasteiger partial charge in [0.05, 0.1) is 5.69 Å². The fourth-order valence-electron chi connectivity index (χ4n) is 2.32. The van der Waals surface area contributed by atoms with Gasteiger partial charge in [0.25, 0.3) is 5.91 Å². The molecule has 0 bridgehead atoms. The second-order valence-corrected chi connectivity index (χ2v) is 6.50. The highest BCUT2D eigenvalue weighted by Gasteiger charge is 2.23. The van der Waals surface area contributed by atoms with Crippen LogP contribution in [0.4, 0.5) is 10.5 Å². The van der Waals surface area contributed by atoms with Crippen molar-refractivity contribution in [1.82, 2.24) is 9.88 Å². The molecular formula is C19H17N3O4S. The van der Waals surface area contributed by atoms with Gasteiger partial charge in [-0.3, -0.25) is 10.1 Å². The van der Waals surface area contributed by atoms with Crippen molar-refractivity contribution in [2.24, 2.45) is 0 Å². The summed E-state index contributed by atoms with van der Waals surface area (Å²) in [4.78, 5) is 36.8. The van der Waals surface area contributed by atoms with E-state index in [0.717, 1.165) is 0 Å². The minimum absolute atomic E-state index is 0.375. The molecule has 0 saturated heterocycles. The van der Waals surface area contributed by atoms with Crippen LogP contribution in [0, 0.1) is 0 Å². The number of para-hydroxylation sites is 1. The number of aromatic nitrogens is 1. The molecule has 1 atom stereocenters. The summed E-state index contributed by atoms with van der Waals surface area (Å²) in [6.45, 7) is 1.41. The molecular weight excluding hydrogens is 366 g/mol. The number of imide groups is 1. The van der Waals surface area contributed by atoms with Crippen molar-refractivity contribution in [2.75, 3.05) is 5.32 Å². The molecule has 27 heavy (non-hydrogen) atoms. The van der Waals surface area contributed by atoms with E-state index in [-0.39, 0.29) is 0 Å². The van der Waals surface area contributed by atoms with Gasteiger partial charge in [-0.25, -0.2) is 9.59 Å². The number of hydrogen-bond donors (Lipinski definition) is 2. The van der Waals surface area contributed by atoms with E-state index in [2.05, 4.69) is 10.6 Å². The second kappa shape index (κ2) is 8.33. The zero-order chi connectivity index (χ0) is 19.2. The Labute approximate surface area is 159 Å². The number of benzene rings is 1. The molecule has 0 saturated carbocycles. The minimum Gasteiger partial charge on any atom is -0.448 e. The molecule has 0 spiro atoms. The van der Waals surface area contributed by atoms with Crippen molar-refractivity contribution >= 4 is 34.9 Å². The zero-order valence-corrected chi connectivity index (χ0v) is 15.2. The summed E-state index contributed by atoms with van der Waals surface area (Å²) >= 11 is 1.22. The Morgan fingerprint density at radius 3 is 2.44 bits per heavy atom. The van der Waals surface area contributed by atoms with E-state index in [1.165, 1.54) is 18.3 Å². The van der Waals surface area contributed by atoms with Crippen LogP contribution >= 0.6 is 11.3 Å². The number of nitrogens with one attached hydrogen (secondary N) is 2. The van der Waals surface area contributed by atoms with Crippen molar-refractivity contribution in [3.8, 4) is 5.69 Å². The third-order valence-corrected chi connectivity index (χ3v) is 4.52. The number of urea groups is 1. The number of thiophene rings is 1. The molecule has 2 heterocycles. The smallest absolute Gasteiger partial charge is 0.351 e. The van der Waals surface area contributed by atoms with Crippen LogP contribution in [0.5, 0.6) is 0 Å². The normalized spacial score (nSPS) is 11.4. The summed E-state index contributed by atoms with van der Waals surface area (Å²) < 4.78 is 7.00. The summed E-state index contributed by atoms with van der Waals surface area (Å²) in [5.74, 6) is -1.34. The number of nitrogens with zero attached hydrogens (tertiary/aromatic N) is 1. The number of carbonyl (C=O) groups excluding carboxylic acids is 3. The summed E-state index contributed by atoms with van der Waals surface area (Å²) in [5.41, 5.74) is 1.21. The zero-order valence-electron chi connectivity index (χ0n) is 14.4.